The predicted molar refractivity (Wildman–Crippen MR) is 131 cm³/mol. The Balaban J connectivity index is 1.35. The second kappa shape index (κ2) is 9.32. The van der Waals surface area contributed by atoms with E-state index in [1.165, 1.54) is 10.5 Å². The van der Waals surface area contributed by atoms with Crippen molar-refractivity contribution in [3.8, 4) is 11.1 Å². The second-order valence-corrected chi connectivity index (χ2v) is 8.65. The van der Waals surface area contributed by atoms with Crippen LogP contribution in [0.15, 0.2) is 73.3 Å². The average molecular weight is 456 g/mol. The Morgan fingerprint density at radius 3 is 2.74 bits per heavy atom. The molecule has 5 rings (SSSR count). The summed E-state index contributed by atoms with van der Waals surface area (Å²) in [5, 5.41) is 22.3. The fraction of sp³-hybridized carbons (Fsp3) is 0.200. The first-order chi connectivity index (χ1) is 16.6. The molecule has 9 heteroatoms. The van der Waals surface area contributed by atoms with Crippen molar-refractivity contribution in [1.29, 1.82) is 0 Å². The average Bonchev–Trinajstić information content (AvgIpc) is 3.60. The number of quaternary nitrogens is 1. The van der Waals surface area contributed by atoms with Crippen LogP contribution in [0.4, 0.5) is 5.69 Å². The number of fused-ring (bicyclic) bond motifs is 1. The molecule has 1 atom stereocenters. The number of H-pyrrole nitrogens is 2. The molecule has 3 aromatic heterocycles. The summed E-state index contributed by atoms with van der Waals surface area (Å²) in [6.07, 6.45) is 8.08. The fourth-order valence-corrected chi connectivity index (χ4v) is 4.10. The van der Waals surface area contributed by atoms with Crippen LogP contribution in [0, 0.1) is 0 Å². The van der Waals surface area contributed by atoms with Gasteiger partial charge in [-0.1, -0.05) is 36.4 Å². The summed E-state index contributed by atoms with van der Waals surface area (Å²) in [5.74, 6) is -0.282. The lowest BCUT2D eigenvalue weighted by Crippen LogP contribution is -3.05. The molecule has 0 bridgehead atoms. The second-order valence-electron chi connectivity index (χ2n) is 8.65. The summed E-state index contributed by atoms with van der Waals surface area (Å²) in [5.41, 5.74) is 4.92. The van der Waals surface area contributed by atoms with Gasteiger partial charge in [0.05, 0.1) is 50.3 Å². The minimum atomic E-state index is -0.282. The van der Waals surface area contributed by atoms with Crippen LogP contribution in [0.2, 0.25) is 0 Å². The lowest BCUT2D eigenvalue weighted by atomic mass is 10.0. The van der Waals surface area contributed by atoms with Crippen molar-refractivity contribution in [3.63, 3.8) is 0 Å². The smallest absolute Gasteiger partial charge is 0.276 e. The zero-order valence-corrected chi connectivity index (χ0v) is 19.1. The first-order valence-electron chi connectivity index (χ1n) is 11.3. The van der Waals surface area contributed by atoms with Gasteiger partial charge < -0.3 is 10.2 Å². The van der Waals surface area contributed by atoms with Gasteiger partial charge in [0.25, 0.3) is 5.91 Å². The SMILES string of the molecule is C[NH+](C)CC[C@@H](c1ccccc1)n1cc(NC(=O)c2n[nH]c3cc(-c4cn[nH]c4)ccc23)cn1. The summed E-state index contributed by atoms with van der Waals surface area (Å²) < 4.78 is 1.92. The lowest BCUT2D eigenvalue weighted by molar-refractivity contribution is -0.858. The van der Waals surface area contributed by atoms with Crippen LogP contribution in [-0.4, -0.2) is 56.7 Å². The quantitative estimate of drug-likeness (QED) is 0.288. The standard InChI is InChI=1S/C25H26N8O/c1-32(2)11-10-23(17-6-4-3-5-7-17)33-16-20(15-28-33)29-25(34)24-21-9-8-18(12-22(21)30-31-24)19-13-26-27-14-19/h3-9,12-16,23H,10-11H2,1-2H3,(H,26,27)(H,29,34)(H,30,31)/p+1/t23-/m0/s1. The van der Waals surface area contributed by atoms with Crippen molar-refractivity contribution in [2.24, 2.45) is 0 Å². The van der Waals surface area contributed by atoms with Crippen molar-refractivity contribution >= 4 is 22.5 Å². The van der Waals surface area contributed by atoms with Crippen LogP contribution in [-0.2, 0) is 0 Å². The number of carbonyl (C=O) groups is 1. The third-order valence-corrected chi connectivity index (χ3v) is 5.89. The molecule has 3 heterocycles. The van der Waals surface area contributed by atoms with E-state index in [2.05, 4.69) is 57.0 Å². The van der Waals surface area contributed by atoms with Crippen molar-refractivity contribution < 1.29 is 9.69 Å². The number of nitrogens with one attached hydrogen (secondary N) is 4. The van der Waals surface area contributed by atoms with E-state index >= 15 is 0 Å². The van der Waals surface area contributed by atoms with E-state index in [4.69, 9.17) is 0 Å². The van der Waals surface area contributed by atoms with Crippen LogP contribution < -0.4 is 10.2 Å². The molecular weight excluding hydrogens is 428 g/mol. The Labute approximate surface area is 196 Å². The number of aromatic nitrogens is 6. The number of amides is 1. The molecule has 1 amide bonds. The molecule has 4 N–H and O–H groups in total. The maximum atomic E-state index is 13.0. The van der Waals surface area contributed by atoms with Gasteiger partial charge in [-0.2, -0.15) is 15.3 Å². The molecule has 0 unspecified atom stereocenters. The molecule has 34 heavy (non-hydrogen) atoms. The number of carbonyl (C=O) groups excluding carboxylic acids is 1. The number of aromatic amines is 2. The monoisotopic (exact) mass is 455 g/mol. The van der Waals surface area contributed by atoms with Crippen molar-refractivity contribution in [3.05, 3.63) is 84.6 Å². The minimum Gasteiger partial charge on any atom is -0.340 e. The largest absolute Gasteiger partial charge is 0.340 e. The van der Waals surface area contributed by atoms with Gasteiger partial charge in [0.1, 0.15) is 0 Å². The van der Waals surface area contributed by atoms with Gasteiger partial charge in [-0.15, -0.1) is 0 Å². The Morgan fingerprint density at radius 2 is 1.97 bits per heavy atom. The number of hydrogen-bond donors (Lipinski definition) is 4. The maximum absolute atomic E-state index is 13.0. The van der Waals surface area contributed by atoms with E-state index in [-0.39, 0.29) is 11.9 Å². The molecular formula is C25H27N8O+. The number of nitrogens with zero attached hydrogens (tertiary/aromatic N) is 4. The first-order valence-corrected chi connectivity index (χ1v) is 11.3. The highest BCUT2D eigenvalue weighted by Crippen LogP contribution is 2.26. The highest BCUT2D eigenvalue weighted by atomic mass is 16.2. The third kappa shape index (κ3) is 4.46. The highest BCUT2D eigenvalue weighted by Gasteiger charge is 2.19. The molecule has 172 valence electrons. The highest BCUT2D eigenvalue weighted by molar-refractivity contribution is 6.11. The van der Waals surface area contributed by atoms with Crippen LogP contribution in [0.3, 0.4) is 0 Å². The van der Waals surface area contributed by atoms with Crippen LogP contribution in [0.5, 0.6) is 0 Å². The topological polar surface area (TPSA) is 109 Å². The third-order valence-electron chi connectivity index (χ3n) is 5.89. The van der Waals surface area contributed by atoms with E-state index in [9.17, 15) is 4.79 Å². The molecule has 0 radical (unpaired) electrons. The number of hydrogen-bond acceptors (Lipinski definition) is 4. The predicted octanol–water partition coefficient (Wildman–Crippen LogP) is 2.53. The summed E-state index contributed by atoms with van der Waals surface area (Å²) in [7, 11) is 4.28. The van der Waals surface area contributed by atoms with Gasteiger partial charge in [0.15, 0.2) is 5.69 Å². The van der Waals surface area contributed by atoms with E-state index in [1.807, 2.05) is 53.5 Å². The zero-order chi connectivity index (χ0) is 23.5. The van der Waals surface area contributed by atoms with E-state index < -0.39 is 0 Å². The Morgan fingerprint density at radius 1 is 1.12 bits per heavy atom. The number of anilines is 1. The van der Waals surface area contributed by atoms with Gasteiger partial charge in [0.2, 0.25) is 0 Å². The summed E-state index contributed by atoms with van der Waals surface area (Å²) >= 11 is 0. The molecule has 0 fully saturated rings. The summed E-state index contributed by atoms with van der Waals surface area (Å²) in [4.78, 5) is 14.4. The Kier molecular flexibility index (Phi) is 5.92. The Bertz CT molecular complexity index is 1390. The van der Waals surface area contributed by atoms with Crippen LogP contribution in [0.1, 0.15) is 28.5 Å². The molecule has 0 spiro atoms. The van der Waals surface area contributed by atoms with Gasteiger partial charge in [-0.05, 0) is 23.3 Å². The molecule has 0 aliphatic rings. The molecule has 0 aliphatic heterocycles. The van der Waals surface area contributed by atoms with Gasteiger partial charge in [-0.3, -0.25) is 19.7 Å². The molecule has 9 nitrogen and oxygen atoms in total. The lowest BCUT2D eigenvalue weighted by Gasteiger charge is -2.19. The van der Waals surface area contributed by atoms with E-state index in [0.29, 0.717) is 11.4 Å². The van der Waals surface area contributed by atoms with Crippen molar-refractivity contribution in [1.82, 2.24) is 30.2 Å². The fourth-order valence-electron chi connectivity index (χ4n) is 4.10. The van der Waals surface area contributed by atoms with Crippen LogP contribution >= 0.6 is 0 Å². The van der Waals surface area contributed by atoms with Crippen LogP contribution in [0.25, 0.3) is 22.0 Å². The van der Waals surface area contributed by atoms with Gasteiger partial charge in [0, 0.05) is 29.8 Å². The van der Waals surface area contributed by atoms with E-state index in [1.54, 1.807) is 12.4 Å². The molecule has 2 aromatic carbocycles. The Hall–Kier alpha value is -4.24. The molecule has 0 saturated heterocycles. The van der Waals surface area contributed by atoms with E-state index in [0.717, 1.165) is 35.0 Å². The van der Waals surface area contributed by atoms with Crippen molar-refractivity contribution in [2.75, 3.05) is 26.0 Å². The number of benzene rings is 2. The summed E-state index contributed by atoms with van der Waals surface area (Å²) in [6.45, 7) is 1.00. The van der Waals surface area contributed by atoms with Gasteiger partial charge in [-0.25, -0.2) is 0 Å². The molecule has 0 aliphatic carbocycles. The zero-order valence-electron chi connectivity index (χ0n) is 19.1. The number of rotatable bonds is 8. The maximum Gasteiger partial charge on any atom is 0.276 e. The van der Waals surface area contributed by atoms with Crippen molar-refractivity contribution in [2.45, 2.75) is 12.5 Å². The molecule has 5 aromatic rings. The first kappa shape index (κ1) is 21.6. The molecule has 0 saturated carbocycles. The van der Waals surface area contributed by atoms with Gasteiger partial charge >= 0.3 is 0 Å². The minimum absolute atomic E-state index is 0.0920. The normalized spacial score (nSPS) is 12.3. The summed E-state index contributed by atoms with van der Waals surface area (Å²) in [6, 6.07) is 16.2.